The fourth-order valence-electron chi connectivity index (χ4n) is 4.25. The second kappa shape index (κ2) is 9.24. The fraction of sp³-hybridized carbons (Fsp3) is 0.208. The van der Waals surface area contributed by atoms with Gasteiger partial charge in [-0.2, -0.15) is 0 Å². The summed E-state index contributed by atoms with van der Waals surface area (Å²) < 4.78 is 1.42. The molecule has 0 bridgehead atoms. The number of carbonyl (C=O) groups excluding carboxylic acids is 5. The first-order chi connectivity index (χ1) is 16.7. The molecule has 35 heavy (non-hydrogen) atoms. The number of fused-ring (bicyclic) bond motifs is 1. The lowest BCUT2D eigenvalue weighted by molar-refractivity contribution is -0.159. The van der Waals surface area contributed by atoms with Gasteiger partial charge in [0.05, 0.1) is 11.2 Å². The maximum absolute atomic E-state index is 13.5. The first kappa shape index (κ1) is 23.4. The summed E-state index contributed by atoms with van der Waals surface area (Å²) in [5.41, 5.74) is 9.96. The normalized spacial score (nSPS) is 15.8. The van der Waals surface area contributed by atoms with E-state index in [-0.39, 0.29) is 23.6 Å². The van der Waals surface area contributed by atoms with Gasteiger partial charge in [0.25, 0.3) is 11.8 Å². The van der Waals surface area contributed by atoms with E-state index in [0.29, 0.717) is 16.5 Å². The molecule has 0 radical (unpaired) electrons. The van der Waals surface area contributed by atoms with Gasteiger partial charge in [0.2, 0.25) is 17.7 Å². The molecule has 1 aliphatic heterocycles. The van der Waals surface area contributed by atoms with Gasteiger partial charge in [-0.15, -0.1) is 0 Å². The number of hydrogen-bond acceptors (Lipinski definition) is 6. The molecule has 1 aliphatic rings. The lowest BCUT2D eigenvalue weighted by Gasteiger charge is -2.38. The second-order valence-electron chi connectivity index (χ2n) is 8.00. The van der Waals surface area contributed by atoms with Crippen molar-refractivity contribution in [3.05, 3.63) is 76.3 Å². The molecule has 2 aromatic carbocycles. The minimum absolute atomic E-state index is 0.00109. The molecule has 4 amide bonds. The van der Waals surface area contributed by atoms with Crippen LogP contribution in [-0.4, -0.2) is 56.5 Å². The molecule has 3 aromatic rings. The molecular weight excluding hydrogens is 452 g/mol. The summed E-state index contributed by atoms with van der Waals surface area (Å²) in [5, 5.41) is 4.19. The number of hydrogen-bond donors (Lipinski definition) is 0. The Morgan fingerprint density at radius 1 is 1.03 bits per heavy atom. The quantitative estimate of drug-likeness (QED) is 0.248. The summed E-state index contributed by atoms with van der Waals surface area (Å²) in [6.07, 6.45) is 1.44. The fourth-order valence-corrected chi connectivity index (χ4v) is 4.25. The smallest absolute Gasteiger partial charge is 0.261 e. The van der Waals surface area contributed by atoms with Crippen molar-refractivity contribution in [2.24, 2.45) is 5.11 Å². The Labute approximate surface area is 199 Å². The SMILES string of the molecule is CC(=O)N1CC(=O)N(C(=O)c2ccccc2N=[N+]=[N-])[C@H](Cc2cn(C(C)=O)c3ccccc23)C1=O. The molecule has 0 N–H and O–H groups in total. The Hall–Kier alpha value is -4.76. The van der Waals surface area contributed by atoms with Crippen LogP contribution in [0, 0.1) is 0 Å². The Morgan fingerprint density at radius 3 is 2.40 bits per heavy atom. The van der Waals surface area contributed by atoms with Crippen molar-refractivity contribution in [3.63, 3.8) is 0 Å². The Bertz CT molecular complexity index is 1450. The van der Waals surface area contributed by atoms with Gasteiger partial charge < -0.3 is 0 Å². The number of benzene rings is 2. The van der Waals surface area contributed by atoms with E-state index in [2.05, 4.69) is 10.0 Å². The third kappa shape index (κ3) is 4.16. The minimum Gasteiger partial charge on any atom is -0.287 e. The molecule has 1 atom stereocenters. The number of amides is 4. The first-order valence-corrected chi connectivity index (χ1v) is 10.7. The van der Waals surface area contributed by atoms with Gasteiger partial charge in [0.15, 0.2) is 0 Å². The van der Waals surface area contributed by atoms with Crippen LogP contribution in [0.3, 0.4) is 0 Å². The highest BCUT2D eigenvalue weighted by molar-refractivity contribution is 6.15. The van der Waals surface area contributed by atoms with Crippen molar-refractivity contribution >= 4 is 46.1 Å². The number of nitrogens with zero attached hydrogens (tertiary/aromatic N) is 6. The van der Waals surface area contributed by atoms with E-state index < -0.39 is 36.2 Å². The molecule has 11 nitrogen and oxygen atoms in total. The molecule has 0 aliphatic carbocycles. The van der Waals surface area contributed by atoms with Gasteiger partial charge >= 0.3 is 0 Å². The number of rotatable bonds is 4. The molecule has 1 fully saturated rings. The molecular formula is C24H20N6O5. The van der Waals surface area contributed by atoms with Crippen LogP contribution in [0.4, 0.5) is 5.69 Å². The summed E-state index contributed by atoms with van der Waals surface area (Å²) in [4.78, 5) is 68.6. The highest BCUT2D eigenvalue weighted by Gasteiger charge is 2.45. The molecule has 4 rings (SSSR count). The van der Waals surface area contributed by atoms with E-state index in [0.717, 1.165) is 16.7 Å². The molecule has 176 valence electrons. The van der Waals surface area contributed by atoms with Gasteiger partial charge in [0.1, 0.15) is 12.6 Å². The second-order valence-corrected chi connectivity index (χ2v) is 8.00. The number of piperazine rings is 1. The number of imide groups is 2. The van der Waals surface area contributed by atoms with Crippen LogP contribution in [0.1, 0.15) is 34.6 Å². The van der Waals surface area contributed by atoms with Crippen molar-refractivity contribution in [2.45, 2.75) is 26.3 Å². The van der Waals surface area contributed by atoms with E-state index in [1.54, 1.807) is 36.5 Å². The van der Waals surface area contributed by atoms with Gasteiger partial charge in [-0.3, -0.25) is 38.3 Å². The highest BCUT2D eigenvalue weighted by Crippen LogP contribution is 2.28. The standard InChI is InChI=1S/C24H20N6O5/c1-14(31)28-12-16(17-7-4-6-10-20(17)28)11-21-24(35)29(15(2)32)13-22(33)30(21)23(34)18-8-3-5-9-19(18)26-27-25/h3-10,12,21H,11,13H2,1-2H3/t21-/m1/s1. The van der Waals surface area contributed by atoms with Crippen molar-refractivity contribution in [3.8, 4) is 0 Å². The molecule has 2 heterocycles. The van der Waals surface area contributed by atoms with Gasteiger partial charge in [-0.1, -0.05) is 41.5 Å². The van der Waals surface area contributed by atoms with Crippen molar-refractivity contribution < 1.29 is 24.0 Å². The number of azide groups is 1. The van der Waals surface area contributed by atoms with Gasteiger partial charge in [-0.05, 0) is 23.2 Å². The lowest BCUT2D eigenvalue weighted by Crippen LogP contribution is -2.63. The highest BCUT2D eigenvalue weighted by atomic mass is 16.2. The largest absolute Gasteiger partial charge is 0.287 e. The predicted octanol–water partition coefficient (Wildman–Crippen LogP) is 3.21. The Kier molecular flexibility index (Phi) is 6.18. The van der Waals surface area contributed by atoms with Crippen LogP contribution < -0.4 is 0 Å². The lowest BCUT2D eigenvalue weighted by atomic mass is 9.99. The third-order valence-electron chi connectivity index (χ3n) is 5.86. The average Bonchev–Trinajstić information content (AvgIpc) is 3.20. The molecule has 1 saturated heterocycles. The Morgan fingerprint density at radius 2 is 1.71 bits per heavy atom. The van der Waals surface area contributed by atoms with Crippen LogP contribution in [-0.2, 0) is 20.8 Å². The summed E-state index contributed by atoms with van der Waals surface area (Å²) in [6.45, 7) is 1.97. The van der Waals surface area contributed by atoms with Crippen LogP contribution >= 0.6 is 0 Å². The third-order valence-corrected chi connectivity index (χ3v) is 5.86. The van der Waals surface area contributed by atoms with Crippen LogP contribution in [0.5, 0.6) is 0 Å². The number of aromatic nitrogens is 1. The minimum atomic E-state index is -1.35. The van der Waals surface area contributed by atoms with Gasteiger partial charge in [0, 0.05) is 42.3 Å². The molecule has 1 aromatic heterocycles. The van der Waals surface area contributed by atoms with Crippen molar-refractivity contribution in [1.82, 2.24) is 14.4 Å². The zero-order valence-corrected chi connectivity index (χ0v) is 18.9. The molecule has 0 saturated carbocycles. The van der Waals surface area contributed by atoms with Crippen LogP contribution in [0.15, 0.2) is 59.8 Å². The summed E-state index contributed by atoms with van der Waals surface area (Å²) in [7, 11) is 0. The maximum Gasteiger partial charge on any atom is 0.261 e. The number of carbonyl (C=O) groups is 5. The van der Waals surface area contributed by atoms with E-state index in [1.807, 2.05) is 0 Å². The van der Waals surface area contributed by atoms with E-state index in [4.69, 9.17) is 5.53 Å². The van der Waals surface area contributed by atoms with E-state index in [9.17, 15) is 24.0 Å². The number of para-hydroxylation sites is 1. The summed E-state index contributed by atoms with van der Waals surface area (Å²) in [6, 6.07) is 11.6. The van der Waals surface area contributed by atoms with Crippen LogP contribution in [0.2, 0.25) is 0 Å². The zero-order chi connectivity index (χ0) is 25.3. The summed E-state index contributed by atoms with van der Waals surface area (Å²) in [5.74, 6) is -3.16. The van der Waals surface area contributed by atoms with Gasteiger partial charge in [-0.25, -0.2) is 0 Å². The topological polar surface area (TPSA) is 146 Å². The molecule has 0 spiro atoms. The predicted molar refractivity (Wildman–Crippen MR) is 125 cm³/mol. The average molecular weight is 472 g/mol. The monoisotopic (exact) mass is 472 g/mol. The molecule has 0 unspecified atom stereocenters. The zero-order valence-electron chi connectivity index (χ0n) is 18.9. The maximum atomic E-state index is 13.5. The van der Waals surface area contributed by atoms with Crippen molar-refractivity contribution in [1.29, 1.82) is 0 Å². The first-order valence-electron chi connectivity index (χ1n) is 10.7. The molecule has 11 heteroatoms. The van der Waals surface area contributed by atoms with Crippen LogP contribution in [0.25, 0.3) is 21.3 Å². The van der Waals surface area contributed by atoms with Crippen molar-refractivity contribution in [2.75, 3.05) is 6.54 Å². The summed E-state index contributed by atoms with van der Waals surface area (Å²) >= 11 is 0. The van der Waals surface area contributed by atoms with E-state index >= 15 is 0 Å². The van der Waals surface area contributed by atoms with E-state index in [1.165, 1.54) is 29.7 Å². The Balaban J connectivity index is 1.83.